The summed E-state index contributed by atoms with van der Waals surface area (Å²) in [6.07, 6.45) is -4.72. The van der Waals surface area contributed by atoms with E-state index in [1.165, 1.54) is 0 Å². The molecule has 1 aliphatic rings. The Hall–Kier alpha value is -2.70. The van der Waals surface area contributed by atoms with Crippen molar-refractivity contribution in [1.82, 2.24) is 10.2 Å². The van der Waals surface area contributed by atoms with Crippen LogP contribution in [-0.2, 0) is 6.18 Å². The fourth-order valence-corrected chi connectivity index (χ4v) is 3.82. The Morgan fingerprint density at radius 1 is 0.926 bits per heavy atom. The van der Waals surface area contributed by atoms with Crippen molar-refractivity contribution in [2.75, 3.05) is 0 Å². The van der Waals surface area contributed by atoms with Crippen LogP contribution >= 0.6 is 0 Å². The molecule has 0 N–H and O–H groups in total. The normalized spacial score (nSPS) is 21.3. The molecule has 1 saturated carbocycles. The zero-order chi connectivity index (χ0) is 19.4. The van der Waals surface area contributed by atoms with Gasteiger partial charge >= 0.3 is 6.18 Å². The van der Waals surface area contributed by atoms with Crippen LogP contribution in [0.2, 0.25) is 0 Å². The summed E-state index contributed by atoms with van der Waals surface area (Å²) in [6.45, 7) is 4.06. The highest BCUT2D eigenvalue weighted by Crippen LogP contribution is 2.69. The summed E-state index contributed by atoms with van der Waals surface area (Å²) < 4.78 is 59.4. The molecular weight excluding hydrogens is 360 g/mol. The predicted molar refractivity (Wildman–Crippen MR) is 90.4 cm³/mol. The highest BCUT2D eigenvalue weighted by molar-refractivity contribution is 5.60. The van der Waals surface area contributed by atoms with Gasteiger partial charge in [0, 0.05) is 5.92 Å². The van der Waals surface area contributed by atoms with E-state index in [2.05, 4.69) is 10.2 Å². The van der Waals surface area contributed by atoms with E-state index in [0.717, 1.165) is 23.8 Å². The number of nitrogens with zero attached hydrogens (tertiary/aromatic N) is 2. The number of hydrogen-bond donors (Lipinski definition) is 0. The van der Waals surface area contributed by atoms with E-state index >= 15 is 0 Å². The summed E-state index contributed by atoms with van der Waals surface area (Å²) in [6, 6.07) is 12.5. The van der Waals surface area contributed by atoms with Crippen LogP contribution in [0.4, 0.5) is 17.6 Å². The van der Waals surface area contributed by atoms with Gasteiger partial charge in [-0.05, 0) is 23.1 Å². The number of hydrogen-bond acceptors (Lipinski definition) is 3. The molecule has 3 aromatic rings. The van der Waals surface area contributed by atoms with E-state index in [-0.39, 0.29) is 23.1 Å². The van der Waals surface area contributed by atoms with Crippen molar-refractivity contribution < 1.29 is 22.0 Å². The number of alkyl halides is 3. The lowest BCUT2D eigenvalue weighted by molar-refractivity contribution is -0.137. The van der Waals surface area contributed by atoms with Crippen LogP contribution in [-0.4, -0.2) is 10.2 Å². The molecule has 3 nitrogen and oxygen atoms in total. The van der Waals surface area contributed by atoms with Gasteiger partial charge < -0.3 is 4.42 Å². The summed E-state index contributed by atoms with van der Waals surface area (Å²) in [5, 5.41) is 7.66. The number of rotatable bonds is 3. The number of aromatic nitrogens is 2. The van der Waals surface area contributed by atoms with Gasteiger partial charge in [0.1, 0.15) is 5.82 Å². The molecule has 0 radical (unpaired) electrons. The van der Waals surface area contributed by atoms with Crippen molar-refractivity contribution in [3.8, 4) is 11.5 Å². The van der Waals surface area contributed by atoms with Gasteiger partial charge in [-0.1, -0.05) is 50.2 Å². The average molecular weight is 376 g/mol. The van der Waals surface area contributed by atoms with E-state index in [0.29, 0.717) is 0 Å². The third-order valence-corrected chi connectivity index (χ3v) is 5.23. The Labute approximate surface area is 153 Å². The third kappa shape index (κ3) is 2.91. The van der Waals surface area contributed by atoms with Crippen molar-refractivity contribution in [3.05, 3.63) is 71.4 Å². The number of halogens is 4. The molecule has 27 heavy (non-hydrogen) atoms. The molecule has 140 valence electrons. The second-order valence-electron chi connectivity index (χ2n) is 7.29. The van der Waals surface area contributed by atoms with E-state index in [9.17, 15) is 17.6 Å². The lowest BCUT2D eigenvalue weighted by atomic mass is 10.0. The zero-order valence-electron chi connectivity index (χ0n) is 14.6. The topological polar surface area (TPSA) is 38.9 Å². The molecule has 2 atom stereocenters. The summed E-state index contributed by atoms with van der Waals surface area (Å²) in [4.78, 5) is 0. The smallest absolute Gasteiger partial charge is 0.417 e. The van der Waals surface area contributed by atoms with Crippen LogP contribution in [0.1, 0.15) is 42.7 Å². The van der Waals surface area contributed by atoms with Gasteiger partial charge in [0.15, 0.2) is 0 Å². The quantitative estimate of drug-likeness (QED) is 0.542. The Balaban J connectivity index is 1.72. The molecule has 1 aromatic heterocycles. The van der Waals surface area contributed by atoms with E-state index < -0.39 is 29.0 Å². The molecule has 0 aliphatic heterocycles. The molecule has 0 unspecified atom stereocenters. The zero-order valence-corrected chi connectivity index (χ0v) is 14.6. The van der Waals surface area contributed by atoms with Crippen LogP contribution in [0.15, 0.2) is 52.9 Å². The molecule has 0 spiro atoms. The molecule has 1 heterocycles. The third-order valence-electron chi connectivity index (χ3n) is 5.23. The summed E-state index contributed by atoms with van der Waals surface area (Å²) in [7, 11) is 0. The second-order valence-corrected chi connectivity index (χ2v) is 7.29. The molecule has 0 amide bonds. The minimum Gasteiger partial charge on any atom is -0.420 e. The SMILES string of the molecule is CC1(C)[C@@H](c2ccccc2)[C@@H]1c1nnc(-c2c(F)cccc2C(F)(F)F)o1. The van der Waals surface area contributed by atoms with E-state index in [4.69, 9.17) is 4.42 Å². The molecular formula is C20H16F4N2O. The maximum atomic E-state index is 14.2. The Morgan fingerprint density at radius 2 is 1.63 bits per heavy atom. The lowest BCUT2D eigenvalue weighted by Crippen LogP contribution is -2.08. The standard InChI is InChI=1S/C20H16F4N2O/c1-19(2)15(11-7-4-3-5-8-11)16(19)18-26-25-17(27-18)14-12(20(22,23)24)9-6-10-13(14)21/h3-10,15-16H,1-2H3/t15-,16+/m0/s1. The predicted octanol–water partition coefficient (Wildman–Crippen LogP) is 5.80. The van der Waals surface area contributed by atoms with Gasteiger partial charge in [-0.2, -0.15) is 13.2 Å². The van der Waals surface area contributed by atoms with Crippen molar-refractivity contribution in [2.45, 2.75) is 31.9 Å². The van der Waals surface area contributed by atoms with Gasteiger partial charge in [-0.25, -0.2) is 4.39 Å². The summed E-state index contributed by atoms with van der Waals surface area (Å²) >= 11 is 0. The van der Waals surface area contributed by atoms with E-state index in [1.807, 2.05) is 44.2 Å². The Kier molecular flexibility index (Phi) is 3.87. The maximum absolute atomic E-state index is 14.2. The molecule has 1 aliphatic carbocycles. The van der Waals surface area contributed by atoms with Gasteiger partial charge in [0.05, 0.1) is 17.0 Å². The molecule has 2 aromatic carbocycles. The lowest BCUT2D eigenvalue weighted by Gasteiger charge is -2.10. The minimum atomic E-state index is -4.72. The van der Waals surface area contributed by atoms with Crippen molar-refractivity contribution in [1.29, 1.82) is 0 Å². The van der Waals surface area contributed by atoms with Gasteiger partial charge in [0.2, 0.25) is 5.89 Å². The van der Waals surface area contributed by atoms with Crippen molar-refractivity contribution in [2.24, 2.45) is 5.41 Å². The first-order chi connectivity index (χ1) is 12.7. The van der Waals surface area contributed by atoms with Crippen molar-refractivity contribution >= 4 is 0 Å². The minimum absolute atomic E-state index is 0.106. The fraction of sp³-hybridized carbons (Fsp3) is 0.300. The van der Waals surface area contributed by atoms with Crippen LogP contribution in [0.3, 0.4) is 0 Å². The average Bonchev–Trinajstić information content (AvgIpc) is 2.95. The van der Waals surface area contributed by atoms with Crippen LogP contribution in [0, 0.1) is 11.2 Å². The molecule has 4 rings (SSSR count). The molecule has 7 heteroatoms. The van der Waals surface area contributed by atoms with Crippen LogP contribution in [0.5, 0.6) is 0 Å². The first kappa shape index (κ1) is 17.7. The maximum Gasteiger partial charge on any atom is 0.417 e. The monoisotopic (exact) mass is 376 g/mol. The molecule has 0 saturated heterocycles. The Morgan fingerprint density at radius 3 is 2.30 bits per heavy atom. The largest absolute Gasteiger partial charge is 0.420 e. The number of benzene rings is 2. The highest BCUT2D eigenvalue weighted by atomic mass is 19.4. The molecule has 0 bridgehead atoms. The fourth-order valence-electron chi connectivity index (χ4n) is 3.82. The van der Waals surface area contributed by atoms with Crippen molar-refractivity contribution in [3.63, 3.8) is 0 Å². The second kappa shape index (κ2) is 5.90. The van der Waals surface area contributed by atoms with Crippen LogP contribution < -0.4 is 0 Å². The first-order valence-electron chi connectivity index (χ1n) is 8.45. The summed E-state index contributed by atoms with van der Waals surface area (Å²) in [5.41, 5.74) is -0.937. The van der Waals surface area contributed by atoms with Crippen LogP contribution in [0.25, 0.3) is 11.5 Å². The summed E-state index contributed by atoms with van der Waals surface area (Å²) in [5.74, 6) is -1.31. The van der Waals surface area contributed by atoms with Gasteiger partial charge in [-0.15, -0.1) is 10.2 Å². The Bertz CT molecular complexity index is 979. The first-order valence-corrected chi connectivity index (χ1v) is 8.45. The van der Waals surface area contributed by atoms with E-state index in [1.54, 1.807) is 0 Å². The van der Waals surface area contributed by atoms with Gasteiger partial charge in [-0.3, -0.25) is 0 Å². The van der Waals surface area contributed by atoms with Gasteiger partial charge in [0.25, 0.3) is 5.89 Å². The molecule has 1 fully saturated rings. The highest BCUT2D eigenvalue weighted by Gasteiger charge is 2.61.